The van der Waals surface area contributed by atoms with E-state index < -0.39 is 0 Å². The van der Waals surface area contributed by atoms with Crippen LogP contribution in [0.2, 0.25) is 0 Å². The average Bonchev–Trinajstić information content (AvgIpc) is 2.82. The Morgan fingerprint density at radius 3 is 2.67 bits per heavy atom. The fraction of sp³-hybridized carbons (Fsp3) is 0.750. The number of unbranched alkanes of at least 4 members (excludes halogenated alkanes) is 1. The SMILES string of the molecule is CCCCC(N)c1nn2c(C(C)(C)C)nnc2s1. The third kappa shape index (κ3) is 2.54. The van der Waals surface area contributed by atoms with Crippen molar-refractivity contribution in [2.45, 2.75) is 58.4 Å². The number of hydrogen-bond donors (Lipinski definition) is 1. The molecule has 2 rings (SSSR count). The van der Waals surface area contributed by atoms with Crippen molar-refractivity contribution in [3.05, 3.63) is 10.8 Å². The van der Waals surface area contributed by atoms with Crippen LogP contribution >= 0.6 is 11.3 Å². The van der Waals surface area contributed by atoms with E-state index in [1.165, 1.54) is 0 Å². The highest BCUT2D eigenvalue weighted by molar-refractivity contribution is 7.16. The number of aromatic nitrogens is 4. The van der Waals surface area contributed by atoms with Gasteiger partial charge < -0.3 is 5.73 Å². The van der Waals surface area contributed by atoms with E-state index in [1.54, 1.807) is 11.3 Å². The summed E-state index contributed by atoms with van der Waals surface area (Å²) < 4.78 is 1.84. The number of fused-ring (bicyclic) bond motifs is 1. The molecule has 2 heterocycles. The van der Waals surface area contributed by atoms with Crippen molar-refractivity contribution in [3.8, 4) is 0 Å². The first-order valence-corrected chi connectivity index (χ1v) is 7.23. The highest BCUT2D eigenvalue weighted by atomic mass is 32.1. The van der Waals surface area contributed by atoms with E-state index >= 15 is 0 Å². The Kier molecular flexibility index (Phi) is 3.68. The van der Waals surface area contributed by atoms with E-state index in [0.29, 0.717) is 0 Å². The van der Waals surface area contributed by atoms with Gasteiger partial charge in [0.2, 0.25) is 4.96 Å². The first-order valence-electron chi connectivity index (χ1n) is 6.41. The number of nitrogens with two attached hydrogens (primary N) is 1. The highest BCUT2D eigenvalue weighted by Crippen LogP contribution is 2.26. The van der Waals surface area contributed by atoms with Gasteiger partial charge in [-0.15, -0.1) is 10.2 Å². The van der Waals surface area contributed by atoms with Crippen molar-refractivity contribution < 1.29 is 0 Å². The highest BCUT2D eigenvalue weighted by Gasteiger charge is 2.24. The molecule has 1 unspecified atom stereocenters. The monoisotopic (exact) mass is 267 g/mol. The minimum absolute atomic E-state index is 0.0180. The van der Waals surface area contributed by atoms with Crippen LogP contribution in [0.5, 0.6) is 0 Å². The molecule has 18 heavy (non-hydrogen) atoms. The minimum Gasteiger partial charge on any atom is -0.322 e. The summed E-state index contributed by atoms with van der Waals surface area (Å²) in [5.74, 6) is 0.891. The van der Waals surface area contributed by atoms with Gasteiger partial charge in [0.15, 0.2) is 5.82 Å². The first-order chi connectivity index (χ1) is 8.43. The molecule has 0 spiro atoms. The molecule has 0 aliphatic rings. The van der Waals surface area contributed by atoms with Gasteiger partial charge >= 0.3 is 0 Å². The summed E-state index contributed by atoms with van der Waals surface area (Å²) in [6.45, 7) is 8.50. The normalized spacial score (nSPS) is 14.3. The minimum atomic E-state index is -0.0573. The maximum Gasteiger partial charge on any atom is 0.234 e. The van der Waals surface area contributed by atoms with Crippen molar-refractivity contribution in [2.24, 2.45) is 5.73 Å². The van der Waals surface area contributed by atoms with Gasteiger partial charge in [0.1, 0.15) is 5.01 Å². The molecule has 6 heteroatoms. The van der Waals surface area contributed by atoms with Crippen LogP contribution in [0.3, 0.4) is 0 Å². The summed E-state index contributed by atoms with van der Waals surface area (Å²) in [6.07, 6.45) is 3.27. The third-order valence-corrected chi connectivity index (χ3v) is 3.89. The Morgan fingerprint density at radius 1 is 1.33 bits per heavy atom. The van der Waals surface area contributed by atoms with E-state index in [-0.39, 0.29) is 11.5 Å². The van der Waals surface area contributed by atoms with Crippen molar-refractivity contribution >= 4 is 16.3 Å². The van der Waals surface area contributed by atoms with Crippen LogP contribution in [0, 0.1) is 0 Å². The van der Waals surface area contributed by atoms with Gasteiger partial charge in [-0.05, 0) is 6.42 Å². The van der Waals surface area contributed by atoms with E-state index in [9.17, 15) is 0 Å². The molecule has 0 amide bonds. The lowest BCUT2D eigenvalue weighted by Crippen LogP contribution is -2.17. The van der Waals surface area contributed by atoms with Crippen molar-refractivity contribution in [1.82, 2.24) is 19.8 Å². The van der Waals surface area contributed by atoms with E-state index in [1.807, 2.05) is 4.52 Å². The lowest BCUT2D eigenvalue weighted by molar-refractivity contribution is 0.521. The zero-order valence-electron chi connectivity index (χ0n) is 11.5. The second-order valence-corrected chi connectivity index (χ2v) is 6.64. The molecule has 2 aromatic rings. The Morgan fingerprint density at radius 2 is 2.06 bits per heavy atom. The molecule has 0 saturated carbocycles. The van der Waals surface area contributed by atoms with Gasteiger partial charge in [-0.3, -0.25) is 0 Å². The second kappa shape index (κ2) is 4.93. The largest absolute Gasteiger partial charge is 0.322 e. The maximum absolute atomic E-state index is 6.15. The van der Waals surface area contributed by atoms with E-state index in [4.69, 9.17) is 5.73 Å². The molecule has 100 valence electrons. The fourth-order valence-corrected chi connectivity index (χ4v) is 2.67. The van der Waals surface area contributed by atoms with Crippen LogP contribution in [0.15, 0.2) is 0 Å². The zero-order valence-corrected chi connectivity index (χ0v) is 12.3. The fourth-order valence-electron chi connectivity index (χ4n) is 1.80. The number of hydrogen-bond acceptors (Lipinski definition) is 5. The summed E-state index contributed by atoms with van der Waals surface area (Å²) in [5.41, 5.74) is 6.09. The molecule has 0 aromatic carbocycles. The summed E-state index contributed by atoms with van der Waals surface area (Å²) >= 11 is 1.55. The molecule has 0 fully saturated rings. The van der Waals surface area contributed by atoms with Crippen LogP contribution in [-0.2, 0) is 5.41 Å². The van der Waals surface area contributed by atoms with Crippen LogP contribution < -0.4 is 5.73 Å². The molecule has 0 radical (unpaired) electrons. The molecule has 0 bridgehead atoms. The summed E-state index contributed by atoms with van der Waals surface area (Å²) in [5, 5.41) is 13.9. The predicted octanol–water partition coefficient (Wildman–Crippen LogP) is 2.67. The maximum atomic E-state index is 6.15. The molecule has 0 aliphatic carbocycles. The molecule has 5 nitrogen and oxygen atoms in total. The second-order valence-electron chi connectivity index (χ2n) is 5.66. The standard InChI is InChI=1S/C12H21N5S/c1-5-6-7-8(13)9-16-17-10(12(2,3)4)14-15-11(17)18-9/h8H,5-7,13H2,1-4H3. The van der Waals surface area contributed by atoms with Crippen LogP contribution in [0.1, 0.15) is 63.8 Å². The average molecular weight is 267 g/mol. The molecule has 1 atom stereocenters. The van der Waals surface area contributed by atoms with Crippen LogP contribution in [-0.4, -0.2) is 19.8 Å². The number of rotatable bonds is 4. The van der Waals surface area contributed by atoms with Gasteiger partial charge in [-0.2, -0.15) is 9.61 Å². The molecular weight excluding hydrogens is 246 g/mol. The lowest BCUT2D eigenvalue weighted by Gasteiger charge is -2.13. The molecular formula is C12H21N5S. The predicted molar refractivity (Wildman–Crippen MR) is 73.8 cm³/mol. The summed E-state index contributed by atoms with van der Waals surface area (Å²) in [7, 11) is 0. The van der Waals surface area contributed by atoms with Gasteiger partial charge in [-0.25, -0.2) is 0 Å². The van der Waals surface area contributed by atoms with Gasteiger partial charge in [0.05, 0.1) is 6.04 Å². The Balaban J connectivity index is 2.31. The molecule has 0 saturated heterocycles. The lowest BCUT2D eigenvalue weighted by atomic mass is 9.96. The smallest absolute Gasteiger partial charge is 0.234 e. The van der Waals surface area contributed by atoms with Crippen molar-refractivity contribution in [2.75, 3.05) is 0 Å². The van der Waals surface area contributed by atoms with Crippen molar-refractivity contribution in [3.63, 3.8) is 0 Å². The third-order valence-electron chi connectivity index (χ3n) is 2.86. The van der Waals surface area contributed by atoms with E-state index in [0.717, 1.165) is 35.1 Å². The van der Waals surface area contributed by atoms with Gasteiger partial charge in [0.25, 0.3) is 0 Å². The van der Waals surface area contributed by atoms with Gasteiger partial charge in [0, 0.05) is 5.41 Å². The first kappa shape index (κ1) is 13.4. The quantitative estimate of drug-likeness (QED) is 0.924. The zero-order chi connectivity index (χ0) is 13.3. The van der Waals surface area contributed by atoms with Crippen LogP contribution in [0.25, 0.3) is 4.96 Å². The number of nitrogens with zero attached hydrogens (tertiary/aromatic N) is 4. The van der Waals surface area contributed by atoms with Crippen molar-refractivity contribution in [1.29, 1.82) is 0 Å². The van der Waals surface area contributed by atoms with Gasteiger partial charge in [-0.1, -0.05) is 51.9 Å². The molecule has 2 N–H and O–H groups in total. The summed E-state index contributed by atoms with van der Waals surface area (Å²) in [4.78, 5) is 0.835. The Labute approximate surface area is 111 Å². The Bertz CT molecular complexity index is 522. The molecule has 0 aliphatic heterocycles. The van der Waals surface area contributed by atoms with E-state index in [2.05, 4.69) is 43.0 Å². The topological polar surface area (TPSA) is 69.1 Å². The Hall–Kier alpha value is -1.01. The summed E-state index contributed by atoms with van der Waals surface area (Å²) in [6, 6.07) is 0.0180. The van der Waals surface area contributed by atoms with Crippen LogP contribution in [0.4, 0.5) is 0 Å². The molecule has 2 aromatic heterocycles.